The Balaban J connectivity index is 1.60. The molecule has 0 bridgehead atoms. The van der Waals surface area contributed by atoms with Gasteiger partial charge in [0.1, 0.15) is 0 Å². The summed E-state index contributed by atoms with van der Waals surface area (Å²) < 4.78 is 29.6. The molecule has 0 spiro atoms. The molecule has 0 unspecified atom stereocenters. The summed E-state index contributed by atoms with van der Waals surface area (Å²) in [6, 6.07) is 20.1. The topological polar surface area (TPSA) is 115 Å². The van der Waals surface area contributed by atoms with Crippen LogP contribution in [-0.2, 0) is 10.0 Å². The molecule has 0 radical (unpaired) electrons. The minimum atomic E-state index is -3.80. The second-order valence-electron chi connectivity index (χ2n) is 6.61. The number of oxazole rings is 1. The minimum absolute atomic E-state index is 0.0360. The van der Waals surface area contributed by atoms with E-state index >= 15 is 0 Å². The molecule has 4 aromatic rings. The molecule has 0 aliphatic carbocycles. The molecule has 9 heteroatoms. The molecule has 4 rings (SSSR count). The van der Waals surface area contributed by atoms with E-state index in [2.05, 4.69) is 26.2 Å². The van der Waals surface area contributed by atoms with Crippen molar-refractivity contribution in [3.8, 4) is 22.8 Å². The number of carbonyl (C=O) groups excluding carboxylic acids is 1. The predicted octanol–water partition coefficient (Wildman–Crippen LogP) is 4.67. The van der Waals surface area contributed by atoms with Gasteiger partial charge in [-0.3, -0.25) is 4.79 Å². The summed E-state index contributed by atoms with van der Waals surface area (Å²) in [7, 11) is -3.80. The van der Waals surface area contributed by atoms with Crippen molar-refractivity contribution in [1.82, 2.24) is 4.98 Å². The van der Waals surface area contributed by atoms with Crippen LogP contribution in [-0.4, -0.2) is 19.3 Å². The summed E-state index contributed by atoms with van der Waals surface area (Å²) in [4.78, 5) is 17.2. The second-order valence-corrected chi connectivity index (χ2v) is 9.08. The minimum Gasteiger partial charge on any atom is -0.436 e. The van der Waals surface area contributed by atoms with Crippen LogP contribution in [0.2, 0.25) is 0 Å². The van der Waals surface area contributed by atoms with Crippen LogP contribution in [0, 0.1) is 0 Å². The number of nitrogens with one attached hydrogen (secondary N) is 1. The molecule has 0 aliphatic heterocycles. The lowest BCUT2D eigenvalue weighted by Crippen LogP contribution is -2.14. The molecular weight excluding hydrogens is 482 g/mol. The number of amides is 1. The van der Waals surface area contributed by atoms with Gasteiger partial charge in [0.05, 0.1) is 16.7 Å². The van der Waals surface area contributed by atoms with Crippen LogP contribution in [0.5, 0.6) is 0 Å². The van der Waals surface area contributed by atoms with Crippen LogP contribution in [0.3, 0.4) is 0 Å². The summed E-state index contributed by atoms with van der Waals surface area (Å²) in [6.45, 7) is 0. The van der Waals surface area contributed by atoms with E-state index in [0.29, 0.717) is 28.5 Å². The molecule has 0 atom stereocenters. The van der Waals surface area contributed by atoms with Gasteiger partial charge >= 0.3 is 0 Å². The largest absolute Gasteiger partial charge is 0.436 e. The molecule has 0 aliphatic rings. The quantitative estimate of drug-likeness (QED) is 0.415. The van der Waals surface area contributed by atoms with Crippen molar-refractivity contribution in [2.45, 2.75) is 4.90 Å². The van der Waals surface area contributed by atoms with Crippen molar-refractivity contribution in [2.75, 3.05) is 5.32 Å². The highest BCUT2D eigenvalue weighted by molar-refractivity contribution is 9.10. The Labute approximate surface area is 187 Å². The number of hydrogen-bond donors (Lipinski definition) is 2. The van der Waals surface area contributed by atoms with Gasteiger partial charge in [-0.05, 0) is 48.5 Å². The van der Waals surface area contributed by atoms with Gasteiger partial charge in [-0.15, -0.1) is 0 Å². The molecule has 0 saturated carbocycles. The van der Waals surface area contributed by atoms with E-state index in [4.69, 9.17) is 9.56 Å². The fraction of sp³-hybridized carbons (Fsp3) is 0. The molecule has 1 amide bonds. The van der Waals surface area contributed by atoms with E-state index in [1.54, 1.807) is 30.5 Å². The molecule has 3 aromatic carbocycles. The van der Waals surface area contributed by atoms with E-state index in [0.717, 1.165) is 10.0 Å². The zero-order chi connectivity index (χ0) is 22.0. The predicted molar refractivity (Wildman–Crippen MR) is 121 cm³/mol. The molecule has 156 valence electrons. The first-order chi connectivity index (χ1) is 14.8. The SMILES string of the molecule is NS(=O)(=O)c1ccc(NC(=O)c2ccccc2-c2ncc(-c3ccc(Br)cc3)o2)cc1. The van der Waals surface area contributed by atoms with Crippen molar-refractivity contribution < 1.29 is 17.6 Å². The normalized spacial score (nSPS) is 11.3. The van der Waals surface area contributed by atoms with Gasteiger partial charge in [0, 0.05) is 21.3 Å². The van der Waals surface area contributed by atoms with Crippen molar-refractivity contribution in [3.63, 3.8) is 0 Å². The van der Waals surface area contributed by atoms with Crippen LogP contribution in [0.4, 0.5) is 5.69 Å². The van der Waals surface area contributed by atoms with Gasteiger partial charge in [-0.2, -0.15) is 0 Å². The fourth-order valence-corrected chi connectivity index (χ4v) is 3.72. The number of primary sulfonamides is 1. The molecule has 1 aromatic heterocycles. The molecular formula is C22H16BrN3O4S. The van der Waals surface area contributed by atoms with Gasteiger partial charge in [0.25, 0.3) is 5.91 Å². The monoisotopic (exact) mass is 497 g/mol. The maximum atomic E-state index is 12.9. The van der Waals surface area contributed by atoms with Crippen molar-refractivity contribution >= 4 is 37.5 Å². The average Bonchev–Trinajstić information content (AvgIpc) is 3.24. The summed E-state index contributed by atoms with van der Waals surface area (Å²) in [5.41, 5.74) is 2.18. The Bertz CT molecular complexity index is 1350. The lowest BCUT2D eigenvalue weighted by Gasteiger charge is -2.09. The summed E-state index contributed by atoms with van der Waals surface area (Å²) in [6.07, 6.45) is 1.61. The van der Waals surface area contributed by atoms with Gasteiger partial charge in [0.2, 0.25) is 15.9 Å². The first kappa shape index (κ1) is 21.0. The van der Waals surface area contributed by atoms with E-state index < -0.39 is 10.0 Å². The lowest BCUT2D eigenvalue weighted by atomic mass is 10.1. The Morgan fingerprint density at radius 2 is 1.65 bits per heavy atom. The van der Waals surface area contributed by atoms with Crippen molar-refractivity contribution in [2.24, 2.45) is 5.14 Å². The van der Waals surface area contributed by atoms with Gasteiger partial charge in [-0.1, -0.05) is 40.2 Å². The third-order valence-electron chi connectivity index (χ3n) is 4.48. The Hall–Kier alpha value is -3.27. The highest BCUT2D eigenvalue weighted by atomic mass is 79.9. The first-order valence-corrected chi connectivity index (χ1v) is 11.4. The number of hydrogen-bond acceptors (Lipinski definition) is 5. The number of carbonyl (C=O) groups is 1. The Morgan fingerprint density at radius 1 is 0.968 bits per heavy atom. The zero-order valence-corrected chi connectivity index (χ0v) is 18.4. The van der Waals surface area contributed by atoms with Crippen LogP contribution < -0.4 is 10.5 Å². The van der Waals surface area contributed by atoms with E-state index in [9.17, 15) is 13.2 Å². The van der Waals surface area contributed by atoms with Crippen LogP contribution >= 0.6 is 15.9 Å². The number of anilines is 1. The third kappa shape index (κ3) is 4.74. The average molecular weight is 498 g/mol. The van der Waals surface area contributed by atoms with E-state index in [-0.39, 0.29) is 10.8 Å². The van der Waals surface area contributed by atoms with Gasteiger partial charge in [-0.25, -0.2) is 18.5 Å². The van der Waals surface area contributed by atoms with Gasteiger partial charge < -0.3 is 9.73 Å². The first-order valence-electron chi connectivity index (χ1n) is 9.07. The molecule has 3 N–H and O–H groups in total. The Morgan fingerprint density at radius 3 is 2.32 bits per heavy atom. The molecule has 0 saturated heterocycles. The molecule has 31 heavy (non-hydrogen) atoms. The van der Waals surface area contributed by atoms with E-state index in [1.165, 1.54) is 24.3 Å². The van der Waals surface area contributed by atoms with Crippen LogP contribution in [0.15, 0.2) is 92.8 Å². The summed E-state index contributed by atoms with van der Waals surface area (Å²) in [5.74, 6) is 0.506. The van der Waals surface area contributed by atoms with E-state index in [1.807, 2.05) is 24.3 Å². The fourth-order valence-electron chi connectivity index (χ4n) is 2.94. The lowest BCUT2D eigenvalue weighted by molar-refractivity contribution is 0.102. The molecule has 0 fully saturated rings. The van der Waals surface area contributed by atoms with Crippen molar-refractivity contribution in [1.29, 1.82) is 0 Å². The highest BCUT2D eigenvalue weighted by Gasteiger charge is 2.17. The van der Waals surface area contributed by atoms with Gasteiger partial charge in [0.15, 0.2) is 5.76 Å². The third-order valence-corrected chi connectivity index (χ3v) is 5.94. The van der Waals surface area contributed by atoms with Crippen molar-refractivity contribution in [3.05, 3.63) is 89.0 Å². The number of rotatable bonds is 5. The number of sulfonamides is 1. The molecule has 7 nitrogen and oxygen atoms in total. The Kier molecular flexibility index (Phi) is 5.73. The number of halogens is 1. The maximum Gasteiger partial charge on any atom is 0.256 e. The molecule has 1 heterocycles. The number of aromatic nitrogens is 1. The number of nitrogens with two attached hydrogens (primary N) is 1. The smallest absolute Gasteiger partial charge is 0.256 e. The number of nitrogens with zero attached hydrogens (tertiary/aromatic N) is 1. The zero-order valence-electron chi connectivity index (χ0n) is 15.9. The highest BCUT2D eigenvalue weighted by Crippen LogP contribution is 2.29. The maximum absolute atomic E-state index is 12.9. The summed E-state index contributed by atoms with van der Waals surface area (Å²) in [5, 5.41) is 7.84. The van der Waals surface area contributed by atoms with Crippen LogP contribution in [0.25, 0.3) is 22.8 Å². The number of benzene rings is 3. The van der Waals surface area contributed by atoms with Crippen LogP contribution in [0.1, 0.15) is 10.4 Å². The summed E-state index contributed by atoms with van der Waals surface area (Å²) >= 11 is 3.40. The standard InChI is InChI=1S/C22H16BrN3O4S/c23-15-7-5-14(6-8-15)20-13-25-22(30-20)19-4-2-1-3-18(19)21(27)26-16-9-11-17(12-10-16)31(24,28)29/h1-13H,(H,26,27)(H2,24,28,29). The second kappa shape index (κ2) is 8.46.